The molecule has 2 aromatic heterocycles. The van der Waals surface area contributed by atoms with Crippen molar-refractivity contribution in [3.63, 3.8) is 0 Å². The average Bonchev–Trinajstić information content (AvgIpc) is 3.25. The number of hydrogen-bond acceptors (Lipinski definition) is 3. The van der Waals surface area contributed by atoms with Gasteiger partial charge in [-0.3, -0.25) is 14.5 Å². The van der Waals surface area contributed by atoms with E-state index < -0.39 is 0 Å². The van der Waals surface area contributed by atoms with Crippen molar-refractivity contribution in [3.05, 3.63) is 41.0 Å². The summed E-state index contributed by atoms with van der Waals surface area (Å²) in [4.78, 5) is 16.6. The second-order valence-corrected chi connectivity index (χ2v) is 6.30. The molecule has 2 heterocycles. The van der Waals surface area contributed by atoms with E-state index in [1.807, 2.05) is 31.5 Å². The lowest BCUT2D eigenvalue weighted by atomic mass is 10.1. The molecule has 5 nitrogen and oxygen atoms in total. The number of nitrogens with one attached hydrogen (secondary N) is 1. The SMILES string of the molecule is Cc1cncc(C)c1NC(=O)c1cc(C)n(C(C)C2CC2)n1. The van der Waals surface area contributed by atoms with Crippen LogP contribution in [0.25, 0.3) is 0 Å². The Labute approximate surface area is 130 Å². The molecular weight excluding hydrogens is 276 g/mol. The second-order valence-electron chi connectivity index (χ2n) is 6.30. The standard InChI is InChI=1S/C17H22N4O/c1-10-8-18-9-11(2)16(10)19-17(22)15-7-12(3)21(20-15)13(4)14-5-6-14/h7-9,13-14H,5-6H2,1-4H3,(H,18,19,22). The Bertz CT molecular complexity index is 695. The number of aromatic nitrogens is 3. The maximum Gasteiger partial charge on any atom is 0.276 e. The van der Waals surface area contributed by atoms with Crippen LogP contribution in [0.2, 0.25) is 0 Å². The average molecular weight is 298 g/mol. The molecule has 0 radical (unpaired) electrons. The lowest BCUT2D eigenvalue weighted by molar-refractivity contribution is 0.102. The highest BCUT2D eigenvalue weighted by molar-refractivity contribution is 6.03. The number of rotatable bonds is 4. The molecule has 0 bridgehead atoms. The van der Waals surface area contributed by atoms with Crippen molar-refractivity contribution in [1.29, 1.82) is 0 Å². The largest absolute Gasteiger partial charge is 0.320 e. The Morgan fingerprint density at radius 3 is 2.50 bits per heavy atom. The minimum atomic E-state index is -0.165. The van der Waals surface area contributed by atoms with Gasteiger partial charge >= 0.3 is 0 Å². The van der Waals surface area contributed by atoms with E-state index in [-0.39, 0.29) is 5.91 Å². The fourth-order valence-corrected chi connectivity index (χ4v) is 2.87. The first-order chi connectivity index (χ1) is 10.5. The molecule has 1 unspecified atom stereocenters. The molecule has 1 fully saturated rings. The van der Waals surface area contributed by atoms with Gasteiger partial charge in [0, 0.05) is 23.8 Å². The van der Waals surface area contributed by atoms with E-state index in [2.05, 4.69) is 22.3 Å². The normalized spacial score (nSPS) is 15.6. The van der Waals surface area contributed by atoms with Gasteiger partial charge in [0.15, 0.2) is 5.69 Å². The Morgan fingerprint density at radius 1 is 1.27 bits per heavy atom. The molecule has 2 aromatic rings. The molecule has 3 rings (SSSR count). The summed E-state index contributed by atoms with van der Waals surface area (Å²) in [7, 11) is 0. The van der Waals surface area contributed by atoms with Crippen LogP contribution in [0.1, 0.15) is 53.1 Å². The van der Waals surface area contributed by atoms with Gasteiger partial charge in [-0.1, -0.05) is 0 Å². The molecular formula is C17H22N4O. The molecule has 0 aromatic carbocycles. The first kappa shape index (κ1) is 14.8. The van der Waals surface area contributed by atoms with Crippen LogP contribution >= 0.6 is 0 Å². The summed E-state index contributed by atoms with van der Waals surface area (Å²) in [6.45, 7) is 8.06. The fraction of sp³-hybridized carbons (Fsp3) is 0.471. The number of aryl methyl sites for hydroxylation is 3. The van der Waals surface area contributed by atoms with E-state index in [9.17, 15) is 4.79 Å². The number of hydrogen-bond donors (Lipinski definition) is 1. The molecule has 1 saturated carbocycles. The van der Waals surface area contributed by atoms with Gasteiger partial charge in [0.2, 0.25) is 0 Å². The van der Waals surface area contributed by atoms with E-state index in [1.165, 1.54) is 12.8 Å². The zero-order valence-corrected chi connectivity index (χ0v) is 13.6. The summed E-state index contributed by atoms with van der Waals surface area (Å²) in [5.41, 5.74) is 4.24. The van der Waals surface area contributed by atoms with Gasteiger partial charge in [0.25, 0.3) is 5.91 Å². The molecule has 1 amide bonds. The summed E-state index contributed by atoms with van der Waals surface area (Å²) < 4.78 is 1.98. The van der Waals surface area contributed by atoms with Gasteiger partial charge < -0.3 is 5.32 Å². The summed E-state index contributed by atoms with van der Waals surface area (Å²) in [6.07, 6.45) is 6.03. The molecule has 1 aliphatic rings. The highest BCUT2D eigenvalue weighted by atomic mass is 16.2. The summed E-state index contributed by atoms with van der Waals surface area (Å²) in [5, 5.41) is 7.48. The van der Waals surface area contributed by atoms with Crippen molar-refractivity contribution in [2.75, 3.05) is 5.32 Å². The summed E-state index contributed by atoms with van der Waals surface area (Å²) in [6, 6.07) is 2.23. The van der Waals surface area contributed by atoms with Gasteiger partial charge in [-0.15, -0.1) is 0 Å². The second kappa shape index (κ2) is 5.55. The van der Waals surface area contributed by atoms with Crippen LogP contribution in [0.4, 0.5) is 5.69 Å². The van der Waals surface area contributed by atoms with Gasteiger partial charge in [-0.25, -0.2) is 0 Å². The van der Waals surface area contributed by atoms with Crippen molar-refractivity contribution in [2.24, 2.45) is 5.92 Å². The van der Waals surface area contributed by atoms with E-state index in [0.29, 0.717) is 17.7 Å². The molecule has 5 heteroatoms. The molecule has 0 aliphatic heterocycles. The van der Waals surface area contributed by atoms with Crippen LogP contribution in [-0.2, 0) is 0 Å². The molecule has 1 N–H and O–H groups in total. The van der Waals surface area contributed by atoms with E-state index in [1.54, 1.807) is 12.4 Å². The molecule has 22 heavy (non-hydrogen) atoms. The minimum Gasteiger partial charge on any atom is -0.320 e. The maximum absolute atomic E-state index is 12.5. The van der Waals surface area contributed by atoms with E-state index in [4.69, 9.17) is 0 Å². The smallest absolute Gasteiger partial charge is 0.276 e. The highest BCUT2D eigenvalue weighted by Gasteiger charge is 2.31. The van der Waals surface area contributed by atoms with Crippen LogP contribution in [0, 0.1) is 26.7 Å². The molecule has 0 saturated heterocycles. The summed E-state index contributed by atoms with van der Waals surface area (Å²) >= 11 is 0. The maximum atomic E-state index is 12.5. The van der Waals surface area contributed by atoms with Crippen molar-refractivity contribution in [2.45, 2.75) is 46.6 Å². The van der Waals surface area contributed by atoms with Crippen LogP contribution in [0.5, 0.6) is 0 Å². The first-order valence-corrected chi connectivity index (χ1v) is 7.76. The van der Waals surface area contributed by atoms with Crippen LogP contribution in [0.3, 0.4) is 0 Å². The van der Waals surface area contributed by atoms with Crippen LogP contribution in [-0.4, -0.2) is 20.7 Å². The topological polar surface area (TPSA) is 59.8 Å². The Hall–Kier alpha value is -2.17. The zero-order valence-electron chi connectivity index (χ0n) is 13.6. The lowest BCUT2D eigenvalue weighted by Gasteiger charge is -2.13. The number of amides is 1. The molecule has 0 spiro atoms. The lowest BCUT2D eigenvalue weighted by Crippen LogP contribution is -2.16. The fourth-order valence-electron chi connectivity index (χ4n) is 2.87. The van der Waals surface area contributed by atoms with Crippen molar-refractivity contribution < 1.29 is 4.79 Å². The van der Waals surface area contributed by atoms with Crippen LogP contribution in [0.15, 0.2) is 18.5 Å². The third-order valence-corrected chi connectivity index (χ3v) is 4.41. The van der Waals surface area contributed by atoms with Gasteiger partial charge in [0.1, 0.15) is 0 Å². The van der Waals surface area contributed by atoms with Crippen LogP contribution < -0.4 is 5.32 Å². The number of carbonyl (C=O) groups excluding carboxylic acids is 1. The van der Waals surface area contributed by atoms with Crippen molar-refractivity contribution in [3.8, 4) is 0 Å². The number of anilines is 1. The van der Waals surface area contributed by atoms with E-state index in [0.717, 1.165) is 22.5 Å². The minimum absolute atomic E-state index is 0.165. The molecule has 116 valence electrons. The van der Waals surface area contributed by atoms with E-state index >= 15 is 0 Å². The number of pyridine rings is 1. The Balaban J connectivity index is 1.82. The first-order valence-electron chi connectivity index (χ1n) is 7.76. The zero-order chi connectivity index (χ0) is 15.9. The van der Waals surface area contributed by atoms with Gasteiger partial charge in [-0.05, 0) is 63.6 Å². The number of nitrogens with zero attached hydrogens (tertiary/aromatic N) is 3. The van der Waals surface area contributed by atoms with Gasteiger partial charge in [0.05, 0.1) is 6.04 Å². The monoisotopic (exact) mass is 298 g/mol. The van der Waals surface area contributed by atoms with Gasteiger partial charge in [-0.2, -0.15) is 5.10 Å². The van der Waals surface area contributed by atoms with Crippen molar-refractivity contribution >= 4 is 11.6 Å². The number of carbonyl (C=O) groups is 1. The highest BCUT2D eigenvalue weighted by Crippen LogP contribution is 2.39. The third-order valence-electron chi connectivity index (χ3n) is 4.41. The van der Waals surface area contributed by atoms with Crippen molar-refractivity contribution in [1.82, 2.24) is 14.8 Å². The predicted molar refractivity (Wildman–Crippen MR) is 86.1 cm³/mol. The predicted octanol–water partition coefficient (Wildman–Crippen LogP) is 3.43. The third kappa shape index (κ3) is 2.75. The molecule has 1 atom stereocenters. The quantitative estimate of drug-likeness (QED) is 0.940. The Morgan fingerprint density at radius 2 is 1.91 bits per heavy atom. The summed E-state index contributed by atoms with van der Waals surface area (Å²) in [5.74, 6) is 0.543. The molecule has 1 aliphatic carbocycles. The Kier molecular flexibility index (Phi) is 3.72.